The number of rotatable bonds is 13. The summed E-state index contributed by atoms with van der Waals surface area (Å²) in [6, 6.07) is 11.8. The molecule has 0 saturated heterocycles. The van der Waals surface area contributed by atoms with E-state index in [1.807, 2.05) is 30.1 Å². The fourth-order valence-corrected chi connectivity index (χ4v) is 4.16. The molecule has 0 fully saturated rings. The average molecular weight is 510 g/mol. The van der Waals surface area contributed by atoms with Crippen LogP contribution in [0.25, 0.3) is 12.2 Å². The van der Waals surface area contributed by atoms with Crippen LogP contribution in [-0.4, -0.2) is 26.5 Å². The molecule has 0 atom stereocenters. The highest BCUT2D eigenvalue weighted by Gasteiger charge is 2.07. The summed E-state index contributed by atoms with van der Waals surface area (Å²) in [6.45, 7) is 1.23. The van der Waals surface area contributed by atoms with Gasteiger partial charge in [0.15, 0.2) is 0 Å². The Balaban J connectivity index is 1.20. The van der Waals surface area contributed by atoms with Gasteiger partial charge in [0.25, 0.3) is 0 Å². The van der Waals surface area contributed by atoms with Crippen molar-refractivity contribution in [2.24, 2.45) is 0 Å². The second-order valence-electron chi connectivity index (χ2n) is 8.32. The third-order valence-corrected chi connectivity index (χ3v) is 6.33. The topological polar surface area (TPSA) is 53.1 Å². The van der Waals surface area contributed by atoms with Gasteiger partial charge in [-0.15, -0.1) is 0 Å². The number of aryl methyl sites for hydroxylation is 3. The Kier molecular flexibility index (Phi) is 9.33. The fraction of sp³-hybridized carbons (Fsp3) is 0.286. The van der Waals surface area contributed by atoms with Crippen molar-refractivity contribution in [2.45, 2.75) is 38.8 Å². The lowest BCUT2D eigenvalue weighted by molar-refractivity contribution is 0.301. The number of nitrogens with zero attached hydrogens (tertiary/aromatic N) is 3. The van der Waals surface area contributed by atoms with Crippen molar-refractivity contribution < 1.29 is 17.9 Å². The van der Waals surface area contributed by atoms with Crippen LogP contribution in [-0.2, 0) is 26.0 Å². The van der Waals surface area contributed by atoms with Crippen molar-refractivity contribution in [3.63, 3.8) is 0 Å². The van der Waals surface area contributed by atoms with Gasteiger partial charge in [0.05, 0.1) is 0 Å². The molecule has 8 heteroatoms. The normalized spacial score (nSPS) is 11.4. The molecule has 2 aromatic heterocycles. The van der Waals surface area contributed by atoms with Gasteiger partial charge in [-0.25, -0.2) is 18.7 Å². The van der Waals surface area contributed by atoms with Crippen LogP contribution in [0, 0.1) is 11.6 Å². The summed E-state index contributed by atoms with van der Waals surface area (Å²) in [5, 5.41) is 0. The minimum Gasteiger partial charge on any atom is -0.487 e. The van der Waals surface area contributed by atoms with Gasteiger partial charge in [-0.1, -0.05) is 18.2 Å². The maximum absolute atomic E-state index is 13.7. The molecule has 5 nitrogen and oxygen atoms in total. The number of benzene rings is 2. The third-order valence-electron chi connectivity index (χ3n) is 5.72. The number of unbranched alkanes of at least 4 members (excludes halogenated alkanes) is 1. The minimum atomic E-state index is -0.640. The van der Waals surface area contributed by atoms with Crippen LogP contribution in [0.1, 0.15) is 41.4 Å². The van der Waals surface area contributed by atoms with Crippen molar-refractivity contribution >= 4 is 23.9 Å². The Morgan fingerprint density at radius 2 is 1.83 bits per heavy atom. The van der Waals surface area contributed by atoms with Crippen LogP contribution in [0.3, 0.4) is 0 Å². The van der Waals surface area contributed by atoms with Crippen molar-refractivity contribution in [3.8, 4) is 5.75 Å². The highest BCUT2D eigenvalue weighted by molar-refractivity contribution is 7.98. The van der Waals surface area contributed by atoms with Gasteiger partial charge >= 0.3 is 0 Å². The molecule has 4 aromatic rings. The molecule has 0 N–H and O–H groups in total. The Labute approximate surface area is 214 Å². The van der Waals surface area contributed by atoms with E-state index in [1.165, 1.54) is 48.0 Å². The molecule has 36 heavy (non-hydrogen) atoms. The van der Waals surface area contributed by atoms with Crippen LogP contribution in [0.15, 0.2) is 65.5 Å². The van der Waals surface area contributed by atoms with E-state index in [0.29, 0.717) is 5.69 Å². The second-order valence-corrected chi connectivity index (χ2v) is 9.30. The lowest BCUT2D eigenvalue weighted by Crippen LogP contribution is -2.05. The molecule has 0 aliphatic rings. The molecule has 0 radical (unpaired) electrons. The van der Waals surface area contributed by atoms with E-state index in [0.717, 1.165) is 43.7 Å². The fourth-order valence-electron chi connectivity index (χ4n) is 3.78. The Morgan fingerprint density at radius 1 is 1.03 bits per heavy atom. The van der Waals surface area contributed by atoms with Gasteiger partial charge in [0.1, 0.15) is 41.8 Å². The van der Waals surface area contributed by atoms with Crippen molar-refractivity contribution in [1.82, 2.24) is 14.5 Å². The van der Waals surface area contributed by atoms with Crippen molar-refractivity contribution in [3.05, 3.63) is 101 Å². The molecule has 0 aliphatic heterocycles. The first-order chi connectivity index (χ1) is 17.6. The van der Waals surface area contributed by atoms with Crippen LogP contribution < -0.4 is 4.74 Å². The van der Waals surface area contributed by atoms with Crippen molar-refractivity contribution in [1.29, 1.82) is 0 Å². The molecule has 0 aliphatic carbocycles. The highest BCUT2D eigenvalue weighted by atomic mass is 32.2. The summed E-state index contributed by atoms with van der Waals surface area (Å²) in [6.07, 6.45) is 14.5. The largest absolute Gasteiger partial charge is 0.487 e. The number of imidazole rings is 1. The zero-order valence-electron chi connectivity index (χ0n) is 20.2. The predicted molar refractivity (Wildman–Crippen MR) is 140 cm³/mol. The minimum absolute atomic E-state index is 0.133. The molecule has 4 rings (SSSR count). The number of thioether (sulfide) groups is 1. The van der Waals surface area contributed by atoms with Crippen LogP contribution in [0.4, 0.5) is 8.78 Å². The van der Waals surface area contributed by atoms with Gasteiger partial charge in [0.2, 0.25) is 5.89 Å². The molecule has 0 amide bonds. The molecular weight excluding hydrogens is 480 g/mol. The van der Waals surface area contributed by atoms with Crippen LogP contribution in [0.2, 0.25) is 0 Å². The van der Waals surface area contributed by atoms with E-state index in [1.54, 1.807) is 0 Å². The second kappa shape index (κ2) is 13.1. The standard InChI is InChI=1S/C28H29F2N3O2S/c1-36-18-14-27-31-15-17-33(27)16-3-2-5-21-8-10-23(11-9-21)34-19-22-20-35-28(32-22)13-12-24-25(29)6-4-7-26(24)30/h4,6-13,15,17,20H,2-3,5,14,16,18-19H2,1H3. The summed E-state index contributed by atoms with van der Waals surface area (Å²) < 4.78 is 40.9. The number of aromatic nitrogens is 3. The maximum atomic E-state index is 13.7. The van der Waals surface area contributed by atoms with Crippen LogP contribution >= 0.6 is 11.8 Å². The number of oxazole rings is 1. The van der Waals surface area contributed by atoms with Crippen molar-refractivity contribution in [2.75, 3.05) is 12.0 Å². The SMILES string of the molecule is CSCCc1nccn1CCCCc1ccc(OCc2coc(C=Cc3c(F)cccc3F)n2)cc1. The molecular formula is C28H29F2N3O2S. The zero-order valence-corrected chi connectivity index (χ0v) is 21.0. The van der Waals surface area contributed by atoms with Crippen LogP contribution in [0.5, 0.6) is 5.75 Å². The number of halogens is 2. The maximum Gasteiger partial charge on any atom is 0.218 e. The van der Waals surface area contributed by atoms with E-state index in [2.05, 4.69) is 39.1 Å². The summed E-state index contributed by atoms with van der Waals surface area (Å²) in [7, 11) is 0. The van der Waals surface area contributed by atoms with Gasteiger partial charge < -0.3 is 13.7 Å². The average Bonchev–Trinajstić information content (AvgIpc) is 3.54. The zero-order chi connectivity index (χ0) is 25.2. The van der Waals surface area contributed by atoms with Gasteiger partial charge in [-0.05, 0) is 61.4 Å². The van der Waals surface area contributed by atoms with E-state index < -0.39 is 11.6 Å². The lowest BCUT2D eigenvalue weighted by atomic mass is 10.1. The van der Waals surface area contributed by atoms with E-state index in [-0.39, 0.29) is 18.1 Å². The molecule has 2 heterocycles. The monoisotopic (exact) mass is 509 g/mol. The Bertz CT molecular complexity index is 1250. The molecule has 0 unspecified atom stereocenters. The molecule has 2 aromatic carbocycles. The summed E-state index contributed by atoms with van der Waals surface area (Å²) >= 11 is 1.84. The Morgan fingerprint density at radius 3 is 2.61 bits per heavy atom. The smallest absolute Gasteiger partial charge is 0.218 e. The molecule has 0 spiro atoms. The first kappa shape index (κ1) is 25.7. The van der Waals surface area contributed by atoms with Gasteiger partial charge in [-0.3, -0.25) is 0 Å². The molecule has 0 saturated carbocycles. The predicted octanol–water partition coefficient (Wildman–Crippen LogP) is 6.83. The summed E-state index contributed by atoms with van der Waals surface area (Å²) in [4.78, 5) is 8.74. The summed E-state index contributed by atoms with van der Waals surface area (Å²) in [5.41, 5.74) is 1.72. The van der Waals surface area contributed by atoms with Gasteiger partial charge in [-0.2, -0.15) is 11.8 Å². The first-order valence-electron chi connectivity index (χ1n) is 11.9. The number of ether oxygens (including phenoxy) is 1. The van der Waals surface area contributed by atoms with E-state index in [4.69, 9.17) is 9.15 Å². The quantitative estimate of drug-likeness (QED) is 0.185. The molecule has 188 valence electrons. The first-order valence-corrected chi connectivity index (χ1v) is 13.3. The number of hydrogen-bond donors (Lipinski definition) is 0. The van der Waals surface area contributed by atoms with E-state index >= 15 is 0 Å². The highest BCUT2D eigenvalue weighted by Crippen LogP contribution is 2.18. The summed E-state index contributed by atoms with van der Waals surface area (Å²) in [5.74, 6) is 1.97. The van der Waals surface area contributed by atoms with E-state index in [9.17, 15) is 8.78 Å². The lowest BCUT2D eigenvalue weighted by Gasteiger charge is -2.08. The third kappa shape index (κ3) is 7.31. The molecule has 0 bridgehead atoms. The number of hydrogen-bond acceptors (Lipinski definition) is 5. The van der Waals surface area contributed by atoms with Gasteiger partial charge in [0, 0.05) is 42.8 Å². The Hall–Kier alpha value is -3.39.